The summed E-state index contributed by atoms with van der Waals surface area (Å²) < 4.78 is 2.30. The monoisotopic (exact) mass is 286 g/mol. The van der Waals surface area contributed by atoms with Crippen LogP contribution in [0.2, 0.25) is 0 Å². The fraction of sp³-hybridized carbons (Fsp3) is 0.0714. The molecule has 0 amide bonds. The van der Waals surface area contributed by atoms with Gasteiger partial charge < -0.3 is 5.11 Å². The SMILES string of the molecule is O=C(O)c1sc2ccccc2c1Cn1cccnc1=O. The minimum absolute atomic E-state index is 0.207. The Kier molecular flexibility index (Phi) is 3.08. The van der Waals surface area contributed by atoms with Crippen molar-refractivity contribution < 1.29 is 9.90 Å². The van der Waals surface area contributed by atoms with Crippen LogP contribution in [0.5, 0.6) is 0 Å². The van der Waals surface area contributed by atoms with E-state index < -0.39 is 5.97 Å². The molecule has 3 rings (SSSR count). The number of carboxylic acids is 1. The minimum atomic E-state index is -0.974. The van der Waals surface area contributed by atoms with E-state index in [1.165, 1.54) is 22.1 Å². The molecule has 2 heterocycles. The van der Waals surface area contributed by atoms with Gasteiger partial charge >= 0.3 is 11.7 Å². The third kappa shape index (κ3) is 2.10. The predicted molar refractivity (Wildman–Crippen MR) is 76.4 cm³/mol. The number of nitrogens with zero attached hydrogens (tertiary/aromatic N) is 2. The first-order chi connectivity index (χ1) is 9.66. The fourth-order valence-electron chi connectivity index (χ4n) is 2.11. The molecule has 0 aliphatic rings. The van der Waals surface area contributed by atoms with Gasteiger partial charge in [-0.25, -0.2) is 14.6 Å². The molecular formula is C14H10N2O3S. The Morgan fingerprint density at radius 2 is 2.10 bits per heavy atom. The molecule has 0 atom stereocenters. The van der Waals surface area contributed by atoms with Crippen LogP contribution in [0.3, 0.4) is 0 Å². The highest BCUT2D eigenvalue weighted by atomic mass is 32.1. The molecule has 0 bridgehead atoms. The number of rotatable bonds is 3. The van der Waals surface area contributed by atoms with Crippen molar-refractivity contribution in [1.82, 2.24) is 9.55 Å². The van der Waals surface area contributed by atoms with Crippen LogP contribution in [0, 0.1) is 0 Å². The van der Waals surface area contributed by atoms with Gasteiger partial charge in [-0.2, -0.15) is 0 Å². The van der Waals surface area contributed by atoms with Crippen molar-refractivity contribution in [2.75, 3.05) is 0 Å². The van der Waals surface area contributed by atoms with Crippen LogP contribution in [0.25, 0.3) is 10.1 Å². The molecule has 0 aliphatic carbocycles. The van der Waals surface area contributed by atoms with Crippen molar-refractivity contribution in [2.45, 2.75) is 6.54 Å². The Hall–Kier alpha value is -2.47. The standard InChI is InChI=1S/C14H10N2O3S/c17-13(18)12-10(8-16-7-3-6-15-14(16)19)9-4-1-2-5-11(9)20-12/h1-7H,8H2,(H,17,18). The fourth-order valence-corrected chi connectivity index (χ4v) is 3.16. The zero-order valence-corrected chi connectivity index (χ0v) is 11.1. The molecule has 6 heteroatoms. The molecule has 3 aromatic rings. The van der Waals surface area contributed by atoms with Crippen LogP contribution in [0.15, 0.2) is 47.5 Å². The van der Waals surface area contributed by atoms with Crippen LogP contribution in [0.4, 0.5) is 0 Å². The molecule has 5 nitrogen and oxygen atoms in total. The molecule has 2 aromatic heterocycles. The zero-order chi connectivity index (χ0) is 14.1. The Bertz CT molecular complexity index is 851. The minimum Gasteiger partial charge on any atom is -0.477 e. The van der Waals surface area contributed by atoms with Crippen LogP contribution < -0.4 is 5.69 Å². The summed E-state index contributed by atoms with van der Waals surface area (Å²) in [5.74, 6) is -0.974. The second-order valence-electron chi connectivity index (χ2n) is 4.24. The van der Waals surface area contributed by atoms with Crippen molar-refractivity contribution in [1.29, 1.82) is 0 Å². The van der Waals surface area contributed by atoms with Gasteiger partial charge in [0.1, 0.15) is 4.88 Å². The first kappa shape index (κ1) is 12.6. The maximum Gasteiger partial charge on any atom is 0.347 e. The number of carboxylic acid groups (broad SMARTS) is 1. The predicted octanol–water partition coefficient (Wildman–Crippen LogP) is 2.20. The van der Waals surface area contributed by atoms with E-state index in [9.17, 15) is 14.7 Å². The van der Waals surface area contributed by atoms with Gasteiger partial charge in [-0.3, -0.25) is 4.57 Å². The average Bonchev–Trinajstić information content (AvgIpc) is 2.81. The average molecular weight is 286 g/mol. The van der Waals surface area contributed by atoms with Crippen LogP contribution >= 0.6 is 11.3 Å². The van der Waals surface area contributed by atoms with Gasteiger partial charge in [0.2, 0.25) is 0 Å². The van der Waals surface area contributed by atoms with Crippen molar-refractivity contribution in [3.05, 3.63) is 63.7 Å². The van der Waals surface area contributed by atoms with E-state index in [1.54, 1.807) is 12.3 Å². The topological polar surface area (TPSA) is 72.2 Å². The van der Waals surface area contributed by atoms with Gasteiger partial charge in [0.05, 0.1) is 6.54 Å². The van der Waals surface area contributed by atoms with Crippen molar-refractivity contribution >= 4 is 27.4 Å². The number of carbonyl (C=O) groups is 1. The number of aromatic nitrogens is 2. The van der Waals surface area contributed by atoms with Crippen LogP contribution in [0.1, 0.15) is 15.2 Å². The smallest absolute Gasteiger partial charge is 0.347 e. The Balaban J connectivity index is 2.19. The molecule has 0 unspecified atom stereocenters. The molecule has 100 valence electrons. The first-order valence-corrected chi connectivity index (χ1v) is 6.73. The molecule has 0 aliphatic heterocycles. The van der Waals surface area contributed by atoms with E-state index in [4.69, 9.17) is 0 Å². The number of hydrogen-bond donors (Lipinski definition) is 1. The van der Waals surface area contributed by atoms with Gasteiger partial charge in [-0.05, 0) is 17.5 Å². The molecule has 1 N–H and O–H groups in total. The first-order valence-electron chi connectivity index (χ1n) is 5.92. The Morgan fingerprint density at radius 1 is 1.30 bits per heavy atom. The van der Waals surface area contributed by atoms with Gasteiger partial charge in [0.15, 0.2) is 0 Å². The highest BCUT2D eigenvalue weighted by molar-refractivity contribution is 7.21. The van der Waals surface area contributed by atoms with E-state index in [2.05, 4.69) is 4.98 Å². The van der Waals surface area contributed by atoms with Crippen molar-refractivity contribution in [2.24, 2.45) is 0 Å². The van der Waals surface area contributed by atoms with Crippen LogP contribution in [-0.2, 0) is 6.54 Å². The molecular weight excluding hydrogens is 276 g/mol. The van der Waals surface area contributed by atoms with Gasteiger partial charge in [-0.1, -0.05) is 18.2 Å². The highest BCUT2D eigenvalue weighted by Gasteiger charge is 2.17. The summed E-state index contributed by atoms with van der Waals surface area (Å²) in [6.45, 7) is 0.207. The van der Waals surface area contributed by atoms with E-state index in [0.29, 0.717) is 5.56 Å². The number of aromatic carboxylic acids is 1. The molecule has 0 saturated heterocycles. The lowest BCUT2D eigenvalue weighted by Crippen LogP contribution is -2.22. The lowest BCUT2D eigenvalue weighted by molar-refractivity contribution is 0.0701. The zero-order valence-electron chi connectivity index (χ0n) is 10.3. The molecule has 0 radical (unpaired) electrons. The lowest BCUT2D eigenvalue weighted by atomic mass is 10.1. The molecule has 0 saturated carbocycles. The number of benzene rings is 1. The van der Waals surface area contributed by atoms with Crippen LogP contribution in [-0.4, -0.2) is 20.6 Å². The quantitative estimate of drug-likeness (QED) is 0.801. The Labute approximate surface area is 117 Å². The second kappa shape index (κ2) is 4.90. The summed E-state index contributed by atoms with van der Waals surface area (Å²) in [7, 11) is 0. The number of thiophene rings is 1. The maximum absolute atomic E-state index is 11.7. The van der Waals surface area contributed by atoms with E-state index in [1.807, 2.05) is 24.3 Å². The summed E-state index contributed by atoms with van der Waals surface area (Å²) in [6, 6.07) is 9.12. The lowest BCUT2D eigenvalue weighted by Gasteiger charge is -2.04. The maximum atomic E-state index is 11.7. The summed E-state index contributed by atoms with van der Waals surface area (Å²) in [4.78, 5) is 27.0. The Morgan fingerprint density at radius 3 is 2.85 bits per heavy atom. The second-order valence-corrected chi connectivity index (χ2v) is 5.29. The van der Waals surface area contributed by atoms with Crippen molar-refractivity contribution in [3.8, 4) is 0 Å². The molecule has 20 heavy (non-hydrogen) atoms. The highest BCUT2D eigenvalue weighted by Crippen LogP contribution is 2.31. The third-order valence-electron chi connectivity index (χ3n) is 3.00. The normalized spacial score (nSPS) is 10.8. The van der Waals surface area contributed by atoms with E-state index in [0.717, 1.165) is 10.1 Å². The molecule has 1 aromatic carbocycles. The van der Waals surface area contributed by atoms with E-state index >= 15 is 0 Å². The number of hydrogen-bond acceptors (Lipinski definition) is 4. The van der Waals surface area contributed by atoms with Gasteiger partial charge in [0, 0.05) is 22.7 Å². The van der Waals surface area contributed by atoms with E-state index in [-0.39, 0.29) is 17.1 Å². The summed E-state index contributed by atoms with van der Waals surface area (Å²) >= 11 is 1.22. The van der Waals surface area contributed by atoms with Crippen molar-refractivity contribution in [3.63, 3.8) is 0 Å². The van der Waals surface area contributed by atoms with Gasteiger partial charge in [0.25, 0.3) is 0 Å². The largest absolute Gasteiger partial charge is 0.477 e. The summed E-state index contributed by atoms with van der Waals surface area (Å²) in [5, 5.41) is 10.2. The molecule has 0 spiro atoms. The number of fused-ring (bicyclic) bond motifs is 1. The summed E-state index contributed by atoms with van der Waals surface area (Å²) in [5.41, 5.74) is 0.257. The van der Waals surface area contributed by atoms with Gasteiger partial charge in [-0.15, -0.1) is 11.3 Å². The third-order valence-corrected chi connectivity index (χ3v) is 4.20. The molecule has 0 fully saturated rings. The summed E-state index contributed by atoms with van der Waals surface area (Å²) in [6.07, 6.45) is 3.02.